The molecule has 6 nitrogen and oxygen atoms in total. The van der Waals surface area contributed by atoms with Crippen molar-refractivity contribution in [1.29, 1.82) is 5.26 Å². The molecule has 2 heterocycles. The molecule has 1 N–H and O–H groups in total. The van der Waals surface area contributed by atoms with Crippen LogP contribution in [0, 0.1) is 11.3 Å². The van der Waals surface area contributed by atoms with Gasteiger partial charge in [0.05, 0.1) is 33.6 Å². The van der Waals surface area contributed by atoms with Crippen LogP contribution < -0.4 is 10.9 Å². The molecule has 0 aliphatic carbocycles. The summed E-state index contributed by atoms with van der Waals surface area (Å²) in [4.78, 5) is 22.3. The van der Waals surface area contributed by atoms with E-state index in [1.54, 1.807) is 28.8 Å². The van der Waals surface area contributed by atoms with E-state index in [0.29, 0.717) is 21.8 Å². The zero-order valence-corrected chi connectivity index (χ0v) is 18.4. The lowest BCUT2D eigenvalue weighted by molar-refractivity contribution is 0.774. The van der Waals surface area contributed by atoms with Crippen molar-refractivity contribution in [2.45, 2.75) is 13.0 Å². The number of para-hydroxylation sites is 1. The predicted octanol–water partition coefficient (Wildman–Crippen LogP) is 5.63. The minimum atomic E-state index is -0.301. The van der Waals surface area contributed by atoms with E-state index in [2.05, 4.69) is 21.4 Å². The van der Waals surface area contributed by atoms with E-state index in [0.717, 1.165) is 27.7 Å². The average Bonchev–Trinajstić information content (AvgIpc) is 2.84. The molecule has 0 aliphatic rings. The van der Waals surface area contributed by atoms with Gasteiger partial charge < -0.3 is 5.32 Å². The minimum absolute atomic E-state index is 0.188. The van der Waals surface area contributed by atoms with E-state index in [-0.39, 0.29) is 11.6 Å². The van der Waals surface area contributed by atoms with Crippen LogP contribution in [0.25, 0.3) is 27.4 Å². The quantitative estimate of drug-likeness (QED) is 0.382. The lowest BCUT2D eigenvalue weighted by Gasteiger charge is -2.22. The molecular formula is C26H18ClN5O. The first-order valence-electron chi connectivity index (χ1n) is 10.4. The normalized spacial score (nSPS) is 11.9. The van der Waals surface area contributed by atoms with Gasteiger partial charge in [-0.2, -0.15) is 5.26 Å². The van der Waals surface area contributed by atoms with E-state index in [9.17, 15) is 10.1 Å². The first-order chi connectivity index (χ1) is 16.1. The first-order valence-corrected chi connectivity index (χ1v) is 10.8. The van der Waals surface area contributed by atoms with Crippen molar-refractivity contribution in [3.8, 4) is 11.8 Å². The van der Waals surface area contributed by atoms with Crippen molar-refractivity contribution in [2.24, 2.45) is 0 Å². The molecule has 0 saturated carbocycles. The van der Waals surface area contributed by atoms with Crippen LogP contribution in [-0.4, -0.2) is 14.5 Å². The summed E-state index contributed by atoms with van der Waals surface area (Å²) in [6.45, 7) is 1.96. The monoisotopic (exact) mass is 451 g/mol. The van der Waals surface area contributed by atoms with Crippen LogP contribution in [0.2, 0.25) is 5.02 Å². The lowest BCUT2D eigenvalue weighted by atomic mass is 10.1. The molecule has 33 heavy (non-hydrogen) atoms. The summed E-state index contributed by atoms with van der Waals surface area (Å²) in [6, 6.07) is 24.0. The highest BCUT2D eigenvalue weighted by Crippen LogP contribution is 2.29. The Bertz CT molecular complexity index is 1610. The third-order valence-corrected chi connectivity index (χ3v) is 5.92. The van der Waals surface area contributed by atoms with Crippen LogP contribution in [0.1, 0.15) is 24.2 Å². The number of nitriles is 1. The summed E-state index contributed by atoms with van der Waals surface area (Å²) in [5.41, 5.74) is 2.56. The summed E-state index contributed by atoms with van der Waals surface area (Å²) < 4.78 is 1.68. The maximum absolute atomic E-state index is 13.6. The van der Waals surface area contributed by atoms with Gasteiger partial charge in [-0.05, 0) is 54.8 Å². The van der Waals surface area contributed by atoms with Gasteiger partial charge in [0.2, 0.25) is 0 Å². The van der Waals surface area contributed by atoms with Gasteiger partial charge in [0.1, 0.15) is 12.1 Å². The van der Waals surface area contributed by atoms with Crippen LogP contribution in [0.15, 0.2) is 83.9 Å². The molecule has 7 heteroatoms. The Kier molecular flexibility index (Phi) is 5.25. The van der Waals surface area contributed by atoms with Gasteiger partial charge in [-0.3, -0.25) is 9.36 Å². The minimum Gasteiger partial charge on any atom is -0.361 e. The molecule has 1 unspecified atom stereocenters. The number of halogens is 1. The Hall–Kier alpha value is -4.21. The van der Waals surface area contributed by atoms with Gasteiger partial charge in [-0.15, -0.1) is 0 Å². The molecule has 0 radical (unpaired) electrons. The molecule has 0 saturated heterocycles. The average molecular weight is 452 g/mol. The Morgan fingerprint density at radius 2 is 1.85 bits per heavy atom. The van der Waals surface area contributed by atoms with Gasteiger partial charge in [-0.25, -0.2) is 9.97 Å². The van der Waals surface area contributed by atoms with Gasteiger partial charge in [0, 0.05) is 16.8 Å². The highest BCUT2D eigenvalue weighted by Gasteiger charge is 2.19. The van der Waals surface area contributed by atoms with Crippen LogP contribution in [-0.2, 0) is 0 Å². The Labute approximate surface area is 194 Å². The fourth-order valence-electron chi connectivity index (χ4n) is 4.02. The number of rotatable bonds is 4. The molecule has 0 aliphatic heterocycles. The topological polar surface area (TPSA) is 83.6 Å². The molecule has 3 aromatic carbocycles. The van der Waals surface area contributed by atoms with Crippen LogP contribution in [0.5, 0.6) is 0 Å². The van der Waals surface area contributed by atoms with E-state index >= 15 is 0 Å². The summed E-state index contributed by atoms with van der Waals surface area (Å²) in [7, 11) is 0. The fourth-order valence-corrected chi connectivity index (χ4v) is 4.28. The second kappa shape index (κ2) is 8.38. The maximum Gasteiger partial charge on any atom is 0.264 e. The van der Waals surface area contributed by atoms with Crippen molar-refractivity contribution in [3.05, 3.63) is 106 Å². The van der Waals surface area contributed by atoms with E-state index < -0.39 is 0 Å². The highest BCUT2D eigenvalue weighted by atomic mass is 35.5. The molecule has 0 bridgehead atoms. The number of benzene rings is 3. The molecule has 5 rings (SSSR count). The number of nitrogens with one attached hydrogen (secondary N) is 1. The van der Waals surface area contributed by atoms with Crippen molar-refractivity contribution in [2.75, 3.05) is 5.32 Å². The van der Waals surface area contributed by atoms with Crippen LogP contribution in [0.3, 0.4) is 0 Å². The third-order valence-electron chi connectivity index (χ3n) is 5.60. The third kappa shape index (κ3) is 3.69. The lowest BCUT2D eigenvalue weighted by Crippen LogP contribution is -2.25. The zero-order valence-electron chi connectivity index (χ0n) is 17.7. The SMILES string of the molecule is CC(Nc1ncnc2ccc(C#N)cc12)c1cc2cccc(Cl)c2c(=O)n1-c1ccccc1. The number of hydrogen-bond acceptors (Lipinski definition) is 5. The second-order valence-electron chi connectivity index (χ2n) is 7.68. The number of anilines is 1. The molecule has 160 valence electrons. The number of fused-ring (bicyclic) bond motifs is 2. The summed E-state index contributed by atoms with van der Waals surface area (Å²) in [5, 5.41) is 15.1. The molecular weight excluding hydrogens is 434 g/mol. The van der Waals surface area contributed by atoms with Crippen LogP contribution in [0.4, 0.5) is 5.82 Å². The van der Waals surface area contributed by atoms with Crippen molar-refractivity contribution in [3.63, 3.8) is 0 Å². The smallest absolute Gasteiger partial charge is 0.264 e. The summed E-state index contributed by atoms with van der Waals surface area (Å²) in [5.74, 6) is 0.586. The Morgan fingerprint density at radius 1 is 1.03 bits per heavy atom. The molecule has 5 aromatic rings. The van der Waals surface area contributed by atoms with Crippen LogP contribution >= 0.6 is 11.6 Å². The van der Waals surface area contributed by atoms with Gasteiger partial charge in [0.15, 0.2) is 0 Å². The number of aromatic nitrogens is 3. The number of nitrogens with zero attached hydrogens (tertiary/aromatic N) is 4. The largest absolute Gasteiger partial charge is 0.361 e. The predicted molar refractivity (Wildman–Crippen MR) is 131 cm³/mol. The molecule has 2 aromatic heterocycles. The Morgan fingerprint density at radius 3 is 2.64 bits per heavy atom. The molecule has 0 fully saturated rings. The maximum atomic E-state index is 13.6. The van der Waals surface area contributed by atoms with Crippen molar-refractivity contribution >= 4 is 39.1 Å². The standard InChI is InChI=1S/C26H18ClN5O/c1-16(31-25-20-12-17(14-28)10-11-22(20)29-15-30-25)23-13-18-6-5-9-21(27)24(18)26(33)32(23)19-7-3-2-4-8-19/h2-13,15-16H,1H3,(H,29,30,31). The molecule has 0 amide bonds. The number of pyridine rings is 1. The summed E-state index contributed by atoms with van der Waals surface area (Å²) >= 11 is 6.41. The van der Waals surface area contributed by atoms with Crippen molar-refractivity contribution in [1.82, 2.24) is 14.5 Å². The first kappa shape index (κ1) is 20.7. The Balaban J connectivity index is 1.70. The molecule has 0 spiro atoms. The fraction of sp³-hybridized carbons (Fsp3) is 0.0769. The van der Waals surface area contributed by atoms with Gasteiger partial charge in [-0.1, -0.05) is 41.9 Å². The van der Waals surface area contributed by atoms with Gasteiger partial charge >= 0.3 is 0 Å². The second-order valence-corrected chi connectivity index (χ2v) is 8.09. The van der Waals surface area contributed by atoms with Crippen molar-refractivity contribution < 1.29 is 0 Å². The van der Waals surface area contributed by atoms with Gasteiger partial charge in [0.25, 0.3) is 5.56 Å². The summed E-state index contributed by atoms with van der Waals surface area (Å²) in [6.07, 6.45) is 1.48. The zero-order chi connectivity index (χ0) is 22.9. The number of hydrogen-bond donors (Lipinski definition) is 1. The molecule has 1 atom stereocenters. The van der Waals surface area contributed by atoms with E-state index in [4.69, 9.17) is 11.6 Å². The van der Waals surface area contributed by atoms with E-state index in [1.165, 1.54) is 6.33 Å². The highest BCUT2D eigenvalue weighted by molar-refractivity contribution is 6.35. The van der Waals surface area contributed by atoms with E-state index in [1.807, 2.05) is 55.5 Å².